The summed E-state index contributed by atoms with van der Waals surface area (Å²) >= 11 is 0. The van der Waals surface area contributed by atoms with Gasteiger partial charge in [-0.3, -0.25) is 10.5 Å². The fourth-order valence-electron chi connectivity index (χ4n) is 0. The van der Waals surface area contributed by atoms with Gasteiger partial charge in [0.15, 0.2) is 0 Å². The molecule has 0 aromatic carbocycles. The third-order valence-corrected chi connectivity index (χ3v) is 0. The second-order valence-corrected chi connectivity index (χ2v) is 0. The molecule has 5 heteroatoms. The van der Waals surface area contributed by atoms with E-state index in [1.165, 1.54) is 0 Å². The molecule has 0 unspecified atom stereocenters. The van der Waals surface area contributed by atoms with Gasteiger partial charge in [0.25, 0.3) is 0 Å². The van der Waals surface area contributed by atoms with Crippen LogP contribution in [0.15, 0.2) is 0 Å². The van der Waals surface area contributed by atoms with Gasteiger partial charge in [-0.1, -0.05) is 0 Å². The molecule has 0 fully saturated rings. The Labute approximate surface area is 97.7 Å². The van der Waals surface area contributed by atoms with E-state index in [4.69, 9.17) is 10.5 Å². The Kier molecular flexibility index (Phi) is 162. The molecule has 0 aromatic heterocycles. The predicted molar refractivity (Wildman–Crippen MR) is 11.1 cm³/mol. The molecule has 0 rings (SSSR count). The summed E-state index contributed by atoms with van der Waals surface area (Å²) in [6.45, 7) is 0. The van der Waals surface area contributed by atoms with E-state index in [0.29, 0.717) is 0 Å². The number of hydrogen-bond donors (Lipinski definition) is 2. The zero-order chi connectivity index (χ0) is 2.00. The summed E-state index contributed by atoms with van der Waals surface area (Å²) in [5.41, 5.74) is 0. The van der Waals surface area contributed by atoms with Crippen LogP contribution in [-0.2, 0) is 0 Å². The average molecular weight is 116 g/mol. The van der Waals surface area contributed by atoms with E-state index in [2.05, 4.69) is 0 Å². The Bertz CT molecular complexity index is 12.9. The first-order chi connectivity index (χ1) is 1.00. The van der Waals surface area contributed by atoms with Crippen molar-refractivity contribution in [2.45, 2.75) is 0 Å². The van der Waals surface area contributed by atoms with Crippen LogP contribution < -0.4 is 80.9 Å². The average Bonchev–Trinajstić information content (AvgIpc) is 1.00. The van der Waals surface area contributed by atoms with Crippen molar-refractivity contribution in [2.75, 3.05) is 0 Å². The van der Waals surface area contributed by atoms with E-state index in [0.717, 1.165) is 0 Å². The summed E-state index contributed by atoms with van der Waals surface area (Å²) in [5.74, 6) is 0. The Morgan fingerprint density at radius 2 is 1.20 bits per heavy atom. The van der Waals surface area contributed by atoms with Crippen molar-refractivity contribution in [1.82, 2.24) is 0 Å². The fourth-order valence-corrected chi connectivity index (χ4v) is 0. The van der Waals surface area contributed by atoms with Gasteiger partial charge in [0, 0.05) is 0 Å². The predicted octanol–water partition coefficient (Wildman–Crippen LogP) is -6.57. The van der Waals surface area contributed by atoms with E-state index in [1.807, 2.05) is 0 Å². The van der Waals surface area contributed by atoms with Crippen LogP contribution in [-0.4, -0.2) is 16.0 Å². The standard InChI is InChI=1S/K.Na.H2O2.H2O.2H/c;;1-2;;;/h;;1-2H;1H2;;/q2*+1;;;2*-1. The molecule has 26 valence electrons. The van der Waals surface area contributed by atoms with Crippen molar-refractivity contribution in [3.05, 3.63) is 0 Å². The van der Waals surface area contributed by atoms with Crippen LogP contribution in [0.4, 0.5) is 0 Å². The van der Waals surface area contributed by atoms with Gasteiger partial charge in [0.1, 0.15) is 0 Å². The van der Waals surface area contributed by atoms with Crippen LogP contribution in [0, 0.1) is 0 Å². The topological polar surface area (TPSA) is 72.0 Å². The van der Waals surface area contributed by atoms with E-state index in [-0.39, 0.29) is 89.3 Å². The summed E-state index contributed by atoms with van der Waals surface area (Å²) in [5, 5.41) is 12.0. The fraction of sp³-hybridized carbons (Fsp3) is 0. The molecule has 0 spiro atoms. The summed E-state index contributed by atoms with van der Waals surface area (Å²) < 4.78 is 0. The normalized spacial score (nSPS) is 1.20. The van der Waals surface area contributed by atoms with Crippen molar-refractivity contribution >= 4 is 0 Å². The molecular formula is H6KNaO3. The van der Waals surface area contributed by atoms with Crippen molar-refractivity contribution in [2.24, 2.45) is 0 Å². The summed E-state index contributed by atoms with van der Waals surface area (Å²) in [6, 6.07) is 0. The first kappa shape index (κ1) is 25.8. The van der Waals surface area contributed by atoms with Gasteiger partial charge in [0.2, 0.25) is 0 Å². The van der Waals surface area contributed by atoms with Crippen LogP contribution in [0.1, 0.15) is 2.85 Å². The molecule has 0 radical (unpaired) electrons. The minimum absolute atomic E-state index is 0. The maximum Gasteiger partial charge on any atom is 1.00 e. The minimum atomic E-state index is 0. The van der Waals surface area contributed by atoms with Crippen LogP contribution >= 0.6 is 0 Å². The molecule has 5 heavy (non-hydrogen) atoms. The maximum atomic E-state index is 6.00. The van der Waals surface area contributed by atoms with E-state index in [1.54, 1.807) is 0 Å². The largest absolute Gasteiger partial charge is 1.00 e. The molecule has 0 aromatic rings. The van der Waals surface area contributed by atoms with Crippen molar-refractivity contribution in [3.63, 3.8) is 0 Å². The number of hydrogen-bond acceptors (Lipinski definition) is 2. The van der Waals surface area contributed by atoms with Crippen LogP contribution in [0.2, 0.25) is 0 Å². The first-order valence-electron chi connectivity index (χ1n) is 0.200. The SMILES string of the molecule is O.OO.[H-].[H-].[K+].[Na+]. The van der Waals surface area contributed by atoms with Crippen LogP contribution in [0.3, 0.4) is 0 Å². The Morgan fingerprint density at radius 1 is 1.20 bits per heavy atom. The second kappa shape index (κ2) is 31.3. The van der Waals surface area contributed by atoms with Gasteiger partial charge in [0.05, 0.1) is 0 Å². The third kappa shape index (κ3) is 21.0. The van der Waals surface area contributed by atoms with E-state index in [9.17, 15) is 0 Å². The molecule has 0 saturated carbocycles. The Morgan fingerprint density at radius 3 is 1.20 bits per heavy atom. The van der Waals surface area contributed by atoms with Gasteiger partial charge in [-0.05, 0) is 0 Å². The smallest absolute Gasteiger partial charge is 1.00 e. The van der Waals surface area contributed by atoms with Gasteiger partial charge in [-0.2, -0.15) is 0 Å². The number of rotatable bonds is 0. The molecule has 0 aliphatic rings. The van der Waals surface area contributed by atoms with Gasteiger partial charge in [-0.15, -0.1) is 0 Å². The van der Waals surface area contributed by atoms with Crippen molar-refractivity contribution in [3.8, 4) is 0 Å². The zero-order valence-corrected chi connectivity index (χ0v) is 8.52. The van der Waals surface area contributed by atoms with E-state index >= 15 is 0 Å². The molecule has 3 nitrogen and oxygen atoms in total. The molecule has 4 N–H and O–H groups in total. The maximum absolute atomic E-state index is 6.00. The van der Waals surface area contributed by atoms with Gasteiger partial charge < -0.3 is 8.33 Å². The monoisotopic (exact) mass is 116 g/mol. The molecule has 0 aliphatic heterocycles. The van der Waals surface area contributed by atoms with Crippen molar-refractivity contribution in [1.29, 1.82) is 0 Å². The molecule has 0 bridgehead atoms. The van der Waals surface area contributed by atoms with Crippen LogP contribution in [0.5, 0.6) is 0 Å². The van der Waals surface area contributed by atoms with Gasteiger partial charge in [-0.25, -0.2) is 0 Å². The third-order valence-electron chi connectivity index (χ3n) is 0. The first-order valence-corrected chi connectivity index (χ1v) is 0.200. The molecule has 0 amide bonds. The zero-order valence-electron chi connectivity index (χ0n) is 5.39. The molecule has 0 aliphatic carbocycles. The minimum Gasteiger partial charge on any atom is -1.00 e. The summed E-state index contributed by atoms with van der Waals surface area (Å²) in [4.78, 5) is 0. The molecule has 0 saturated heterocycles. The Hall–Kier alpha value is 2.52. The summed E-state index contributed by atoms with van der Waals surface area (Å²) in [7, 11) is 0. The van der Waals surface area contributed by atoms with Crippen LogP contribution in [0.25, 0.3) is 0 Å². The quantitative estimate of drug-likeness (QED) is 0.188. The van der Waals surface area contributed by atoms with Gasteiger partial charge >= 0.3 is 80.9 Å². The van der Waals surface area contributed by atoms with Crippen molar-refractivity contribution < 1.29 is 99.8 Å². The summed E-state index contributed by atoms with van der Waals surface area (Å²) in [6.07, 6.45) is 0. The van der Waals surface area contributed by atoms with E-state index < -0.39 is 0 Å². The second-order valence-electron chi connectivity index (χ2n) is 0. The molecule has 0 atom stereocenters. The molecular weight excluding hydrogens is 110 g/mol. The Balaban J connectivity index is -0.000000000500. The molecule has 0 heterocycles.